The van der Waals surface area contributed by atoms with E-state index in [4.69, 9.17) is 5.73 Å². The number of hydrogen-bond acceptors (Lipinski definition) is 6. The molecule has 1 aromatic carbocycles. The summed E-state index contributed by atoms with van der Waals surface area (Å²) >= 11 is 0. The monoisotopic (exact) mass is 284 g/mol. The molecule has 1 saturated heterocycles. The number of nitrogens with zero attached hydrogens (tertiary/aromatic N) is 4. The van der Waals surface area contributed by atoms with E-state index < -0.39 is 0 Å². The Morgan fingerprint density at radius 2 is 1.86 bits per heavy atom. The van der Waals surface area contributed by atoms with Crippen molar-refractivity contribution in [1.82, 2.24) is 15.0 Å². The highest BCUT2D eigenvalue weighted by atomic mass is 15.3. The summed E-state index contributed by atoms with van der Waals surface area (Å²) in [6.07, 6.45) is 2.34. The molecule has 2 aromatic rings. The van der Waals surface area contributed by atoms with Crippen LogP contribution in [0.1, 0.15) is 24.0 Å². The van der Waals surface area contributed by atoms with Gasteiger partial charge in [-0.1, -0.05) is 12.1 Å². The summed E-state index contributed by atoms with van der Waals surface area (Å²) in [5.74, 6) is 1.41. The first-order valence-electron chi connectivity index (χ1n) is 7.22. The third-order valence-corrected chi connectivity index (χ3v) is 3.67. The van der Waals surface area contributed by atoms with Gasteiger partial charge in [0.1, 0.15) is 0 Å². The second kappa shape index (κ2) is 5.55. The van der Waals surface area contributed by atoms with Crippen LogP contribution in [0.15, 0.2) is 18.2 Å². The molecule has 0 amide bonds. The van der Waals surface area contributed by atoms with Crippen LogP contribution in [0.4, 0.5) is 23.5 Å². The fraction of sp³-hybridized carbons (Fsp3) is 0.400. The van der Waals surface area contributed by atoms with E-state index in [1.165, 1.54) is 18.4 Å². The van der Waals surface area contributed by atoms with Gasteiger partial charge in [0.2, 0.25) is 17.8 Å². The van der Waals surface area contributed by atoms with E-state index in [1.54, 1.807) is 0 Å². The lowest BCUT2D eigenvalue weighted by atomic mass is 10.1. The summed E-state index contributed by atoms with van der Waals surface area (Å²) in [6, 6.07) is 6.23. The van der Waals surface area contributed by atoms with Gasteiger partial charge in [-0.15, -0.1) is 0 Å². The van der Waals surface area contributed by atoms with Gasteiger partial charge in [-0.25, -0.2) is 0 Å². The Morgan fingerprint density at radius 1 is 1.10 bits per heavy atom. The summed E-state index contributed by atoms with van der Waals surface area (Å²) in [5, 5.41) is 3.25. The fourth-order valence-corrected chi connectivity index (χ4v) is 2.49. The van der Waals surface area contributed by atoms with Gasteiger partial charge in [0.15, 0.2) is 0 Å². The molecule has 6 heteroatoms. The number of aryl methyl sites for hydroxylation is 2. The molecule has 3 rings (SSSR count). The van der Waals surface area contributed by atoms with Crippen molar-refractivity contribution in [3.8, 4) is 0 Å². The van der Waals surface area contributed by atoms with E-state index in [-0.39, 0.29) is 5.95 Å². The molecular formula is C15H20N6. The standard InChI is InChI=1S/C15H20N6/c1-10-5-6-11(2)12(9-10)17-14-18-13(16)19-15(20-14)21-7-3-4-8-21/h5-6,9H,3-4,7-8H2,1-2H3,(H3,16,17,18,19,20). The van der Waals surface area contributed by atoms with Crippen molar-refractivity contribution in [2.24, 2.45) is 0 Å². The van der Waals surface area contributed by atoms with Crippen LogP contribution < -0.4 is 16.0 Å². The maximum absolute atomic E-state index is 5.82. The van der Waals surface area contributed by atoms with Gasteiger partial charge in [0.25, 0.3) is 0 Å². The van der Waals surface area contributed by atoms with Crippen LogP contribution in [0.5, 0.6) is 0 Å². The van der Waals surface area contributed by atoms with Crippen LogP contribution in [0, 0.1) is 13.8 Å². The first-order chi connectivity index (χ1) is 10.1. The number of nitrogen functional groups attached to an aromatic ring is 1. The Balaban J connectivity index is 1.89. The molecule has 0 bridgehead atoms. The van der Waals surface area contributed by atoms with E-state index in [0.29, 0.717) is 11.9 Å². The van der Waals surface area contributed by atoms with E-state index in [2.05, 4.69) is 50.3 Å². The first kappa shape index (κ1) is 13.6. The molecule has 0 saturated carbocycles. The topological polar surface area (TPSA) is 80.0 Å². The van der Waals surface area contributed by atoms with Crippen LogP contribution in [0.25, 0.3) is 0 Å². The normalized spacial score (nSPS) is 14.5. The number of anilines is 4. The Morgan fingerprint density at radius 3 is 2.62 bits per heavy atom. The van der Waals surface area contributed by atoms with Crippen LogP contribution in [0.3, 0.4) is 0 Å². The lowest BCUT2D eigenvalue weighted by Gasteiger charge is -2.16. The first-order valence-corrected chi connectivity index (χ1v) is 7.22. The third kappa shape index (κ3) is 3.04. The van der Waals surface area contributed by atoms with Gasteiger partial charge in [0, 0.05) is 18.8 Å². The zero-order valence-electron chi connectivity index (χ0n) is 12.4. The molecular weight excluding hydrogens is 264 g/mol. The zero-order chi connectivity index (χ0) is 14.8. The van der Waals surface area contributed by atoms with Crippen LogP contribution in [-0.4, -0.2) is 28.0 Å². The summed E-state index contributed by atoms with van der Waals surface area (Å²) in [4.78, 5) is 15.1. The maximum atomic E-state index is 5.82. The average Bonchev–Trinajstić information content (AvgIpc) is 2.96. The van der Waals surface area contributed by atoms with Crippen LogP contribution in [-0.2, 0) is 0 Å². The number of benzene rings is 1. The molecule has 2 heterocycles. The van der Waals surface area contributed by atoms with Crippen molar-refractivity contribution in [2.75, 3.05) is 29.0 Å². The largest absolute Gasteiger partial charge is 0.368 e. The third-order valence-electron chi connectivity index (χ3n) is 3.67. The van der Waals surface area contributed by atoms with E-state index in [9.17, 15) is 0 Å². The summed E-state index contributed by atoms with van der Waals surface area (Å²) in [5.41, 5.74) is 9.14. The van der Waals surface area contributed by atoms with Gasteiger partial charge in [-0.05, 0) is 43.9 Å². The van der Waals surface area contributed by atoms with Crippen molar-refractivity contribution >= 4 is 23.5 Å². The highest BCUT2D eigenvalue weighted by Crippen LogP contribution is 2.22. The average molecular weight is 284 g/mol. The Bertz CT molecular complexity index is 649. The number of nitrogens with two attached hydrogens (primary N) is 1. The molecule has 1 aliphatic heterocycles. The van der Waals surface area contributed by atoms with Crippen molar-refractivity contribution in [1.29, 1.82) is 0 Å². The summed E-state index contributed by atoms with van der Waals surface area (Å²) in [7, 11) is 0. The van der Waals surface area contributed by atoms with Gasteiger partial charge < -0.3 is 16.0 Å². The second-order valence-corrected chi connectivity index (χ2v) is 5.45. The number of hydrogen-bond donors (Lipinski definition) is 2. The highest BCUT2D eigenvalue weighted by molar-refractivity contribution is 5.60. The molecule has 3 N–H and O–H groups in total. The molecule has 1 fully saturated rings. The highest BCUT2D eigenvalue weighted by Gasteiger charge is 2.17. The quantitative estimate of drug-likeness (QED) is 0.901. The lowest BCUT2D eigenvalue weighted by Crippen LogP contribution is -2.22. The predicted octanol–water partition coefficient (Wildman–Crippen LogP) is 2.41. The van der Waals surface area contributed by atoms with Crippen molar-refractivity contribution in [3.63, 3.8) is 0 Å². The van der Waals surface area contributed by atoms with Crippen molar-refractivity contribution < 1.29 is 0 Å². The van der Waals surface area contributed by atoms with Crippen molar-refractivity contribution in [3.05, 3.63) is 29.3 Å². The van der Waals surface area contributed by atoms with E-state index in [1.807, 2.05) is 6.92 Å². The second-order valence-electron chi connectivity index (χ2n) is 5.45. The minimum atomic E-state index is 0.250. The van der Waals surface area contributed by atoms with Gasteiger partial charge in [-0.2, -0.15) is 15.0 Å². The number of nitrogens with one attached hydrogen (secondary N) is 1. The SMILES string of the molecule is Cc1ccc(C)c(Nc2nc(N)nc(N3CCCC3)n2)c1. The van der Waals surface area contributed by atoms with Gasteiger partial charge in [0.05, 0.1) is 0 Å². The van der Waals surface area contributed by atoms with Gasteiger partial charge >= 0.3 is 0 Å². The minimum Gasteiger partial charge on any atom is -0.368 e. The molecule has 1 aliphatic rings. The van der Waals surface area contributed by atoms with Gasteiger partial charge in [-0.3, -0.25) is 0 Å². The Hall–Kier alpha value is -2.37. The number of aromatic nitrogens is 3. The van der Waals surface area contributed by atoms with Crippen LogP contribution >= 0.6 is 0 Å². The fourth-order valence-electron chi connectivity index (χ4n) is 2.49. The Kier molecular flexibility index (Phi) is 3.60. The molecule has 0 aliphatic carbocycles. The van der Waals surface area contributed by atoms with Crippen molar-refractivity contribution in [2.45, 2.75) is 26.7 Å². The molecule has 0 radical (unpaired) electrons. The Labute approximate surface area is 124 Å². The molecule has 21 heavy (non-hydrogen) atoms. The lowest BCUT2D eigenvalue weighted by molar-refractivity contribution is 0.887. The molecule has 0 unspecified atom stereocenters. The molecule has 0 atom stereocenters. The van der Waals surface area contributed by atoms with E-state index in [0.717, 1.165) is 24.3 Å². The molecule has 110 valence electrons. The summed E-state index contributed by atoms with van der Waals surface area (Å²) in [6.45, 7) is 6.06. The zero-order valence-corrected chi connectivity index (χ0v) is 12.4. The smallest absolute Gasteiger partial charge is 0.233 e. The maximum Gasteiger partial charge on any atom is 0.233 e. The summed E-state index contributed by atoms with van der Waals surface area (Å²) < 4.78 is 0. The predicted molar refractivity (Wildman–Crippen MR) is 84.9 cm³/mol. The minimum absolute atomic E-state index is 0.250. The number of rotatable bonds is 3. The molecule has 0 spiro atoms. The molecule has 6 nitrogen and oxygen atoms in total. The van der Waals surface area contributed by atoms with E-state index >= 15 is 0 Å². The molecule has 1 aromatic heterocycles. The van der Waals surface area contributed by atoms with Crippen LogP contribution in [0.2, 0.25) is 0 Å².